The molecule has 0 aromatic heterocycles. The Morgan fingerprint density at radius 2 is 2.08 bits per heavy atom. The molecular formula is C18H28N4O2S. The van der Waals surface area contributed by atoms with Gasteiger partial charge in [0.1, 0.15) is 5.75 Å². The monoisotopic (exact) mass is 364 g/mol. The third-order valence-corrected chi connectivity index (χ3v) is 4.49. The van der Waals surface area contributed by atoms with Crippen molar-refractivity contribution in [2.45, 2.75) is 32.7 Å². The summed E-state index contributed by atoms with van der Waals surface area (Å²) in [7, 11) is 1.65. The number of hydrazone groups is 1. The highest BCUT2D eigenvalue weighted by molar-refractivity contribution is 7.80. The number of thiocarbonyl (C=S) groups is 1. The molecule has 2 rings (SSSR count). The van der Waals surface area contributed by atoms with Gasteiger partial charge in [0.25, 0.3) is 0 Å². The Morgan fingerprint density at radius 1 is 1.32 bits per heavy atom. The molecule has 1 saturated heterocycles. The van der Waals surface area contributed by atoms with Crippen LogP contribution in [0.3, 0.4) is 0 Å². The van der Waals surface area contributed by atoms with E-state index in [1.165, 1.54) is 19.3 Å². The van der Waals surface area contributed by atoms with Crippen molar-refractivity contribution < 1.29 is 9.84 Å². The number of methoxy groups -OCH3 is 1. The second kappa shape index (κ2) is 10.3. The maximum Gasteiger partial charge on any atom is 0.187 e. The zero-order valence-electron chi connectivity index (χ0n) is 15.0. The number of benzene rings is 1. The van der Waals surface area contributed by atoms with E-state index in [-0.39, 0.29) is 0 Å². The number of hydrogen-bond acceptors (Lipinski definition) is 5. The minimum absolute atomic E-state index is 0.340. The van der Waals surface area contributed by atoms with Crippen molar-refractivity contribution >= 4 is 23.0 Å². The third-order valence-electron chi connectivity index (χ3n) is 4.26. The number of likely N-dealkylation sites (tertiary alicyclic amines) is 1. The predicted molar refractivity (Wildman–Crippen MR) is 105 cm³/mol. The van der Waals surface area contributed by atoms with Gasteiger partial charge in [-0.3, -0.25) is 10.3 Å². The number of phenols is 1. The molecule has 0 spiro atoms. The first-order chi connectivity index (χ1) is 12.1. The van der Waals surface area contributed by atoms with Crippen LogP contribution in [0.25, 0.3) is 0 Å². The summed E-state index contributed by atoms with van der Waals surface area (Å²) in [6, 6.07) is 5.62. The van der Waals surface area contributed by atoms with E-state index in [2.05, 4.69) is 20.7 Å². The molecule has 6 nitrogen and oxygen atoms in total. The van der Waals surface area contributed by atoms with Gasteiger partial charge in [0.05, 0.1) is 12.3 Å². The normalized spacial score (nSPS) is 15.8. The number of nitrogens with zero attached hydrogens (tertiary/aromatic N) is 2. The molecule has 1 aliphatic heterocycles. The lowest BCUT2D eigenvalue weighted by Gasteiger charge is -2.26. The lowest BCUT2D eigenvalue weighted by molar-refractivity contribution is 0.204. The van der Waals surface area contributed by atoms with Gasteiger partial charge in [-0.05, 0) is 68.8 Å². The molecule has 1 aromatic rings. The van der Waals surface area contributed by atoms with E-state index < -0.39 is 0 Å². The molecule has 1 aliphatic rings. The molecule has 0 saturated carbocycles. The van der Waals surface area contributed by atoms with Gasteiger partial charge >= 0.3 is 0 Å². The fraction of sp³-hybridized carbons (Fsp3) is 0.556. The summed E-state index contributed by atoms with van der Waals surface area (Å²) >= 11 is 5.16. The van der Waals surface area contributed by atoms with Crippen LogP contribution in [0.4, 0.5) is 0 Å². The van der Waals surface area contributed by atoms with Gasteiger partial charge in [-0.15, -0.1) is 0 Å². The van der Waals surface area contributed by atoms with Crippen LogP contribution in [0.5, 0.6) is 5.75 Å². The van der Waals surface area contributed by atoms with Crippen molar-refractivity contribution in [3.63, 3.8) is 0 Å². The number of phenolic OH excluding ortho intramolecular Hbond substituents is 1. The molecule has 0 atom stereocenters. The molecule has 7 heteroatoms. The summed E-state index contributed by atoms with van der Waals surface area (Å²) < 4.78 is 4.96. The number of nitrogens with one attached hydrogen (secondary N) is 2. The Labute approximate surface area is 155 Å². The van der Waals surface area contributed by atoms with Crippen molar-refractivity contribution in [2.75, 3.05) is 33.4 Å². The molecule has 0 aliphatic carbocycles. The summed E-state index contributed by atoms with van der Waals surface area (Å²) in [5, 5.41) is 17.9. The maximum atomic E-state index is 10.2. The first-order valence-electron chi connectivity index (χ1n) is 8.72. The van der Waals surface area contributed by atoms with E-state index in [1.807, 2.05) is 19.1 Å². The maximum absolute atomic E-state index is 10.2. The van der Waals surface area contributed by atoms with Gasteiger partial charge in [-0.1, -0.05) is 6.42 Å². The fourth-order valence-corrected chi connectivity index (χ4v) is 2.95. The highest BCUT2D eigenvalue weighted by atomic mass is 32.1. The van der Waals surface area contributed by atoms with Crippen LogP contribution in [0.2, 0.25) is 0 Å². The van der Waals surface area contributed by atoms with E-state index in [4.69, 9.17) is 17.0 Å². The second-order valence-corrected chi connectivity index (χ2v) is 6.65. The molecule has 3 N–H and O–H groups in total. The predicted octanol–water partition coefficient (Wildman–Crippen LogP) is 2.21. The van der Waals surface area contributed by atoms with Crippen LogP contribution in [0, 0.1) is 0 Å². The standard InChI is InChI=1S/C18H28N4O2S/c1-14(20-21-18(25)19-8-11-24-2)15-6-7-17(23)16(12-15)13-22-9-4-3-5-10-22/h6-7,12,23H,3-5,8-11,13H2,1-2H3,(H2,19,21,25)/b20-14+. The molecule has 0 amide bonds. The van der Waals surface area contributed by atoms with Crippen molar-refractivity contribution in [3.05, 3.63) is 29.3 Å². The Bertz CT molecular complexity index is 601. The van der Waals surface area contributed by atoms with Crippen LogP contribution in [0.15, 0.2) is 23.3 Å². The zero-order valence-corrected chi connectivity index (χ0v) is 15.9. The molecule has 0 radical (unpaired) electrons. The Kier molecular flexibility index (Phi) is 8.11. The summed E-state index contributed by atoms with van der Waals surface area (Å²) in [4.78, 5) is 2.39. The average molecular weight is 365 g/mol. The van der Waals surface area contributed by atoms with Gasteiger partial charge in [0.15, 0.2) is 5.11 Å². The lowest BCUT2D eigenvalue weighted by atomic mass is 10.0. The third kappa shape index (κ3) is 6.61. The van der Waals surface area contributed by atoms with Gasteiger partial charge in [-0.25, -0.2) is 0 Å². The smallest absolute Gasteiger partial charge is 0.187 e. The Balaban J connectivity index is 1.96. The number of piperidine rings is 1. The first kappa shape index (κ1) is 19.6. The quantitative estimate of drug-likeness (QED) is 0.298. The van der Waals surface area contributed by atoms with Gasteiger partial charge in [-0.2, -0.15) is 5.10 Å². The zero-order chi connectivity index (χ0) is 18.1. The largest absolute Gasteiger partial charge is 0.508 e. The van der Waals surface area contributed by atoms with E-state index >= 15 is 0 Å². The SMILES string of the molecule is COCCNC(=S)N/N=C(\C)c1ccc(O)c(CN2CCCCC2)c1. The van der Waals surface area contributed by atoms with Crippen molar-refractivity contribution in [3.8, 4) is 5.75 Å². The molecule has 0 bridgehead atoms. The fourth-order valence-electron chi connectivity index (χ4n) is 2.80. The lowest BCUT2D eigenvalue weighted by Crippen LogP contribution is -2.34. The minimum Gasteiger partial charge on any atom is -0.508 e. The van der Waals surface area contributed by atoms with Crippen molar-refractivity contribution in [1.82, 2.24) is 15.6 Å². The number of rotatable bonds is 7. The van der Waals surface area contributed by atoms with Crippen molar-refractivity contribution in [2.24, 2.45) is 5.10 Å². The summed E-state index contributed by atoms with van der Waals surface area (Å²) in [6.07, 6.45) is 3.77. The van der Waals surface area contributed by atoms with Crippen LogP contribution in [-0.2, 0) is 11.3 Å². The summed E-state index contributed by atoms with van der Waals surface area (Å²) in [5.74, 6) is 0.340. The van der Waals surface area contributed by atoms with Gasteiger partial charge < -0.3 is 15.2 Å². The van der Waals surface area contributed by atoms with Gasteiger partial charge in [0.2, 0.25) is 0 Å². The molecular weight excluding hydrogens is 336 g/mol. The Hall–Kier alpha value is -1.70. The highest BCUT2D eigenvalue weighted by Crippen LogP contribution is 2.22. The number of hydrogen-bond donors (Lipinski definition) is 3. The molecule has 1 fully saturated rings. The van der Waals surface area contributed by atoms with E-state index in [9.17, 15) is 5.11 Å². The van der Waals surface area contributed by atoms with E-state index in [0.29, 0.717) is 24.0 Å². The summed E-state index contributed by atoms with van der Waals surface area (Å²) in [6.45, 7) is 6.11. The molecule has 138 valence electrons. The highest BCUT2D eigenvalue weighted by Gasteiger charge is 2.13. The number of ether oxygens (including phenoxy) is 1. The van der Waals surface area contributed by atoms with Crippen LogP contribution < -0.4 is 10.7 Å². The van der Waals surface area contributed by atoms with Crippen molar-refractivity contribution in [1.29, 1.82) is 0 Å². The first-order valence-corrected chi connectivity index (χ1v) is 9.12. The topological polar surface area (TPSA) is 69.1 Å². The molecule has 0 unspecified atom stereocenters. The summed E-state index contributed by atoms with van der Waals surface area (Å²) in [5.41, 5.74) is 5.56. The van der Waals surface area contributed by atoms with E-state index in [0.717, 1.165) is 36.5 Å². The molecule has 1 aromatic carbocycles. The second-order valence-electron chi connectivity index (χ2n) is 6.24. The van der Waals surface area contributed by atoms with Gasteiger partial charge in [0, 0.05) is 25.8 Å². The van der Waals surface area contributed by atoms with Crippen LogP contribution in [0.1, 0.15) is 37.3 Å². The molecule has 25 heavy (non-hydrogen) atoms. The average Bonchev–Trinajstić information content (AvgIpc) is 2.62. The molecule has 1 heterocycles. The van der Waals surface area contributed by atoms with Crippen LogP contribution >= 0.6 is 12.2 Å². The number of aromatic hydroxyl groups is 1. The Morgan fingerprint density at radius 3 is 2.80 bits per heavy atom. The van der Waals surface area contributed by atoms with E-state index in [1.54, 1.807) is 13.2 Å². The minimum atomic E-state index is 0.340. The van der Waals surface area contributed by atoms with Crippen LogP contribution in [-0.4, -0.2) is 54.2 Å².